The third-order valence-corrected chi connectivity index (χ3v) is 6.87. The van der Waals surface area contributed by atoms with Gasteiger partial charge in [0, 0.05) is 38.5 Å². The van der Waals surface area contributed by atoms with Gasteiger partial charge in [0.05, 0.1) is 24.3 Å². The van der Waals surface area contributed by atoms with Crippen LogP contribution in [0.3, 0.4) is 0 Å². The van der Waals surface area contributed by atoms with Crippen LogP contribution >= 0.6 is 0 Å². The second kappa shape index (κ2) is 13.4. The largest absolute Gasteiger partial charge is 0.444 e. The highest BCUT2D eigenvalue weighted by Gasteiger charge is 2.37. The molecule has 1 atom stereocenters. The van der Waals surface area contributed by atoms with E-state index in [1.165, 1.54) is 0 Å². The molecule has 232 valence electrons. The maximum absolute atomic E-state index is 13.3. The SMILES string of the molecule is CN(CC(COCc1cc(C(F)(F)F)cc(C(F)(F)F)c1)c1ccccc1)C(=O)C1CCN(C(=O)OC(C)(C)C)CC1. The van der Waals surface area contributed by atoms with E-state index in [2.05, 4.69) is 0 Å². The van der Waals surface area contributed by atoms with E-state index in [0.29, 0.717) is 38.1 Å². The molecule has 12 heteroatoms. The molecule has 2 aromatic carbocycles. The molecule has 2 amide bonds. The zero-order chi connectivity index (χ0) is 31.3. The number of benzene rings is 2. The second-order valence-electron chi connectivity index (χ2n) is 11.5. The summed E-state index contributed by atoms with van der Waals surface area (Å²) in [5.74, 6) is -0.820. The minimum atomic E-state index is -4.95. The normalized spacial score (nSPS) is 15.8. The predicted molar refractivity (Wildman–Crippen MR) is 143 cm³/mol. The highest BCUT2D eigenvalue weighted by molar-refractivity contribution is 5.79. The van der Waals surface area contributed by atoms with Crippen molar-refractivity contribution in [1.82, 2.24) is 9.80 Å². The van der Waals surface area contributed by atoms with Crippen molar-refractivity contribution in [3.63, 3.8) is 0 Å². The summed E-state index contributed by atoms with van der Waals surface area (Å²) in [6.45, 7) is 5.79. The van der Waals surface area contributed by atoms with Gasteiger partial charge >= 0.3 is 18.4 Å². The molecule has 1 fully saturated rings. The van der Waals surface area contributed by atoms with Crippen LogP contribution in [-0.4, -0.2) is 60.7 Å². The van der Waals surface area contributed by atoms with Gasteiger partial charge in [-0.1, -0.05) is 30.3 Å². The molecule has 1 heterocycles. The number of hydrogen-bond acceptors (Lipinski definition) is 4. The average Bonchev–Trinajstić information content (AvgIpc) is 2.90. The van der Waals surface area contributed by atoms with Crippen molar-refractivity contribution in [1.29, 1.82) is 0 Å². The third-order valence-electron chi connectivity index (χ3n) is 6.87. The lowest BCUT2D eigenvalue weighted by Gasteiger charge is -2.35. The average molecular weight is 603 g/mol. The molecular weight excluding hydrogens is 566 g/mol. The Morgan fingerprint density at radius 3 is 1.98 bits per heavy atom. The van der Waals surface area contributed by atoms with Gasteiger partial charge in [0.25, 0.3) is 0 Å². The molecule has 6 nitrogen and oxygen atoms in total. The Labute approximate surface area is 241 Å². The van der Waals surface area contributed by atoms with Crippen molar-refractivity contribution >= 4 is 12.0 Å². The van der Waals surface area contributed by atoms with Crippen molar-refractivity contribution in [2.45, 2.75) is 64.1 Å². The molecule has 0 N–H and O–H groups in total. The lowest BCUT2D eigenvalue weighted by molar-refractivity contribution is -0.143. The van der Waals surface area contributed by atoms with E-state index >= 15 is 0 Å². The lowest BCUT2D eigenvalue weighted by atomic mass is 9.94. The molecule has 0 spiro atoms. The van der Waals surface area contributed by atoms with E-state index in [1.807, 2.05) is 12.1 Å². The van der Waals surface area contributed by atoms with Crippen LogP contribution in [0.25, 0.3) is 0 Å². The first-order chi connectivity index (χ1) is 19.4. The summed E-state index contributed by atoms with van der Waals surface area (Å²) < 4.78 is 90.5. The standard InChI is InChI=1S/C30H36F6N2O4/c1-28(2,3)42-27(40)38-12-10-22(11-13-38)26(39)37(4)17-23(21-8-6-5-7-9-21)19-41-18-20-14-24(29(31,32)33)16-25(15-20)30(34,35)36/h5-9,14-16,22-23H,10-13,17-19H2,1-4H3. The summed E-state index contributed by atoms with van der Waals surface area (Å²) in [4.78, 5) is 28.7. The van der Waals surface area contributed by atoms with Crippen LogP contribution in [-0.2, 0) is 33.2 Å². The van der Waals surface area contributed by atoms with Gasteiger partial charge in [0.2, 0.25) is 5.91 Å². The van der Waals surface area contributed by atoms with Crippen LogP contribution in [0.2, 0.25) is 0 Å². The van der Waals surface area contributed by atoms with E-state index in [9.17, 15) is 35.9 Å². The van der Waals surface area contributed by atoms with Crippen LogP contribution in [0.15, 0.2) is 48.5 Å². The molecule has 42 heavy (non-hydrogen) atoms. The lowest BCUT2D eigenvalue weighted by Crippen LogP contribution is -2.45. The Morgan fingerprint density at radius 1 is 0.929 bits per heavy atom. The Hall–Kier alpha value is -3.28. The van der Waals surface area contributed by atoms with Crippen molar-refractivity contribution < 1.29 is 45.4 Å². The van der Waals surface area contributed by atoms with Gasteiger partial charge in [-0.2, -0.15) is 26.3 Å². The third kappa shape index (κ3) is 9.64. The molecule has 3 rings (SSSR count). The molecule has 1 saturated heterocycles. The van der Waals surface area contributed by atoms with Crippen molar-refractivity contribution in [2.75, 3.05) is 33.3 Å². The fraction of sp³-hybridized carbons (Fsp3) is 0.533. The molecule has 2 aromatic rings. The number of carbonyl (C=O) groups excluding carboxylic acids is 2. The number of carbonyl (C=O) groups is 2. The number of hydrogen-bond donors (Lipinski definition) is 0. The topological polar surface area (TPSA) is 59.1 Å². The van der Waals surface area contributed by atoms with E-state index in [-0.39, 0.29) is 36.6 Å². The fourth-order valence-electron chi connectivity index (χ4n) is 4.77. The summed E-state index contributed by atoms with van der Waals surface area (Å²) in [5, 5.41) is 0. The van der Waals surface area contributed by atoms with Gasteiger partial charge in [-0.15, -0.1) is 0 Å². The van der Waals surface area contributed by atoms with E-state index < -0.39 is 47.7 Å². The van der Waals surface area contributed by atoms with Gasteiger partial charge in [0.1, 0.15) is 5.60 Å². The number of amides is 2. The molecule has 0 radical (unpaired) electrons. The first kappa shape index (κ1) is 33.2. The van der Waals surface area contributed by atoms with E-state index in [4.69, 9.17) is 9.47 Å². The molecule has 0 bridgehead atoms. The van der Waals surface area contributed by atoms with Crippen LogP contribution in [0.5, 0.6) is 0 Å². The van der Waals surface area contributed by atoms with Crippen molar-refractivity contribution in [3.05, 3.63) is 70.8 Å². The zero-order valence-electron chi connectivity index (χ0n) is 24.0. The number of alkyl halides is 6. The number of halogens is 6. The number of likely N-dealkylation sites (tertiary alicyclic amines) is 1. The number of likely N-dealkylation sites (N-methyl/N-ethyl adjacent to an activating group) is 1. The van der Waals surface area contributed by atoms with Gasteiger partial charge < -0.3 is 19.3 Å². The van der Waals surface area contributed by atoms with Gasteiger partial charge in [-0.25, -0.2) is 4.79 Å². The smallest absolute Gasteiger partial charge is 0.416 e. The Kier molecular flexibility index (Phi) is 10.6. The van der Waals surface area contributed by atoms with E-state index in [1.54, 1.807) is 55.8 Å². The van der Waals surface area contributed by atoms with Crippen molar-refractivity contribution in [3.8, 4) is 0 Å². The highest BCUT2D eigenvalue weighted by atomic mass is 19.4. The predicted octanol–water partition coefficient (Wildman–Crippen LogP) is 7.13. The molecule has 0 aliphatic carbocycles. The summed E-state index contributed by atoms with van der Waals surface area (Å²) in [5.41, 5.74) is -2.89. The molecule has 0 saturated carbocycles. The highest BCUT2D eigenvalue weighted by Crippen LogP contribution is 2.36. The van der Waals surface area contributed by atoms with Gasteiger partial charge in [-0.3, -0.25) is 4.79 Å². The Bertz CT molecular complexity index is 1170. The molecule has 1 unspecified atom stereocenters. The van der Waals surface area contributed by atoms with Gasteiger partial charge in [-0.05, 0) is 62.9 Å². The first-order valence-electron chi connectivity index (χ1n) is 13.6. The Morgan fingerprint density at radius 2 is 1.48 bits per heavy atom. The summed E-state index contributed by atoms with van der Waals surface area (Å²) in [7, 11) is 1.64. The minimum Gasteiger partial charge on any atom is -0.444 e. The number of ether oxygens (including phenoxy) is 2. The number of rotatable bonds is 8. The molecule has 1 aliphatic rings. The summed E-state index contributed by atoms with van der Waals surface area (Å²) >= 11 is 0. The number of nitrogens with zero attached hydrogens (tertiary/aromatic N) is 2. The maximum atomic E-state index is 13.3. The molecular formula is C30H36F6N2O4. The zero-order valence-corrected chi connectivity index (χ0v) is 24.0. The van der Waals surface area contributed by atoms with Crippen LogP contribution < -0.4 is 0 Å². The molecule has 1 aliphatic heterocycles. The summed E-state index contributed by atoms with van der Waals surface area (Å²) in [6.07, 6.45) is -9.40. The first-order valence-corrected chi connectivity index (χ1v) is 13.6. The van der Waals surface area contributed by atoms with Crippen LogP contribution in [0.1, 0.15) is 61.8 Å². The van der Waals surface area contributed by atoms with Gasteiger partial charge in [0.15, 0.2) is 0 Å². The van der Waals surface area contributed by atoms with E-state index in [0.717, 1.165) is 5.56 Å². The Balaban J connectivity index is 1.65. The van der Waals surface area contributed by atoms with Crippen LogP contribution in [0.4, 0.5) is 31.1 Å². The van der Waals surface area contributed by atoms with Crippen molar-refractivity contribution in [2.24, 2.45) is 5.92 Å². The quantitative estimate of drug-likeness (QED) is 0.302. The summed E-state index contributed by atoms with van der Waals surface area (Å²) in [6, 6.07) is 10.4. The fourth-order valence-corrected chi connectivity index (χ4v) is 4.77. The van der Waals surface area contributed by atoms with Crippen LogP contribution in [0, 0.1) is 5.92 Å². The monoisotopic (exact) mass is 602 g/mol. The maximum Gasteiger partial charge on any atom is 0.416 e. The minimum absolute atomic E-state index is 0.0453. The number of piperidine rings is 1. The second-order valence-corrected chi connectivity index (χ2v) is 11.5. The molecule has 0 aromatic heterocycles.